The number of hydrogen-bond acceptors (Lipinski definition) is 2. The normalized spacial score (nSPS) is 10.6. The summed E-state index contributed by atoms with van der Waals surface area (Å²) in [4.78, 5) is 12.2. The molecule has 0 aliphatic carbocycles. The third-order valence-electron chi connectivity index (χ3n) is 2.07. The van der Waals surface area contributed by atoms with Crippen LogP contribution in [0.3, 0.4) is 0 Å². The van der Waals surface area contributed by atoms with Crippen molar-refractivity contribution in [1.29, 1.82) is 0 Å². The highest BCUT2D eigenvalue weighted by atomic mass is 79.9. The zero-order valence-corrected chi connectivity index (χ0v) is 10.5. The van der Waals surface area contributed by atoms with E-state index in [9.17, 15) is 18.0 Å². The summed E-state index contributed by atoms with van der Waals surface area (Å²) >= 11 is 4.28. The summed E-state index contributed by atoms with van der Waals surface area (Å²) in [6.07, 6.45) is 0. The summed E-state index contributed by atoms with van der Waals surface area (Å²) in [5.74, 6) is -4.88. The number of carbonyl (C=O) groups excluding carboxylic acids is 1. The monoisotopic (exact) mass is 320 g/mol. The number of ketones is 1. The zero-order chi connectivity index (χ0) is 12.6. The van der Waals surface area contributed by atoms with Gasteiger partial charge in [0, 0.05) is 10.0 Å². The van der Waals surface area contributed by atoms with Crippen LogP contribution in [0.5, 0.6) is 0 Å². The Labute approximate surface area is 107 Å². The number of hydrogen-bond donors (Lipinski definition) is 0. The van der Waals surface area contributed by atoms with E-state index in [2.05, 4.69) is 15.9 Å². The molecule has 0 bridgehead atoms. The van der Waals surface area contributed by atoms with Gasteiger partial charge in [0.05, 0.1) is 4.88 Å². The van der Waals surface area contributed by atoms with E-state index < -0.39 is 23.2 Å². The van der Waals surface area contributed by atoms with E-state index in [-0.39, 0.29) is 5.56 Å². The molecular formula is C11H4BrF3OS. The fourth-order valence-electron chi connectivity index (χ4n) is 1.27. The summed E-state index contributed by atoms with van der Waals surface area (Å²) in [5, 5.41) is 1.66. The van der Waals surface area contributed by atoms with Crippen LogP contribution >= 0.6 is 27.3 Å². The van der Waals surface area contributed by atoms with Crippen LogP contribution in [-0.4, -0.2) is 5.78 Å². The van der Waals surface area contributed by atoms with Gasteiger partial charge >= 0.3 is 0 Å². The standard InChI is InChI=1S/C11H4BrF3OS/c12-6-1-2-17-11(6)10(16)5-3-7(13)9(15)8(14)4-5/h1-4H. The van der Waals surface area contributed by atoms with Gasteiger partial charge in [0.1, 0.15) is 0 Å². The smallest absolute Gasteiger partial charge is 0.204 e. The predicted molar refractivity (Wildman–Crippen MR) is 61.8 cm³/mol. The van der Waals surface area contributed by atoms with Gasteiger partial charge in [-0.15, -0.1) is 11.3 Å². The van der Waals surface area contributed by atoms with Gasteiger partial charge in [0.2, 0.25) is 5.78 Å². The summed E-state index contributed by atoms with van der Waals surface area (Å²) in [6.45, 7) is 0. The summed E-state index contributed by atoms with van der Waals surface area (Å²) in [7, 11) is 0. The Bertz CT molecular complexity index is 571. The van der Waals surface area contributed by atoms with E-state index in [0.717, 1.165) is 11.3 Å². The Morgan fingerprint density at radius 1 is 1.18 bits per heavy atom. The number of halogens is 4. The van der Waals surface area contributed by atoms with Crippen molar-refractivity contribution in [1.82, 2.24) is 0 Å². The van der Waals surface area contributed by atoms with Crippen molar-refractivity contribution in [2.24, 2.45) is 0 Å². The first-order valence-electron chi connectivity index (χ1n) is 4.43. The van der Waals surface area contributed by atoms with Crippen LogP contribution in [0, 0.1) is 17.5 Å². The molecule has 0 aliphatic rings. The molecular weight excluding hydrogens is 317 g/mol. The Morgan fingerprint density at radius 3 is 2.24 bits per heavy atom. The van der Waals surface area contributed by atoms with Crippen molar-refractivity contribution < 1.29 is 18.0 Å². The third kappa shape index (κ3) is 2.28. The van der Waals surface area contributed by atoms with Gasteiger partial charge in [0.15, 0.2) is 17.5 Å². The zero-order valence-electron chi connectivity index (χ0n) is 8.14. The van der Waals surface area contributed by atoms with E-state index in [1.54, 1.807) is 11.4 Å². The van der Waals surface area contributed by atoms with Crippen molar-refractivity contribution in [2.45, 2.75) is 0 Å². The average molecular weight is 321 g/mol. The maximum absolute atomic E-state index is 13.0. The molecule has 1 nitrogen and oxygen atoms in total. The molecule has 2 rings (SSSR count). The fourth-order valence-corrected chi connectivity index (χ4v) is 2.79. The van der Waals surface area contributed by atoms with Gasteiger partial charge in [-0.2, -0.15) is 0 Å². The van der Waals surface area contributed by atoms with E-state index in [0.29, 0.717) is 21.5 Å². The molecule has 0 radical (unpaired) electrons. The van der Waals surface area contributed by atoms with Gasteiger partial charge < -0.3 is 0 Å². The Balaban J connectivity index is 2.49. The second kappa shape index (κ2) is 4.62. The maximum atomic E-state index is 13.0. The van der Waals surface area contributed by atoms with Crippen LogP contribution in [0.25, 0.3) is 0 Å². The molecule has 0 fully saturated rings. The van der Waals surface area contributed by atoms with Crippen molar-refractivity contribution in [3.63, 3.8) is 0 Å². The first kappa shape index (κ1) is 12.3. The van der Waals surface area contributed by atoms with E-state index >= 15 is 0 Å². The lowest BCUT2D eigenvalue weighted by Crippen LogP contribution is -2.03. The highest BCUT2D eigenvalue weighted by molar-refractivity contribution is 9.10. The topological polar surface area (TPSA) is 17.1 Å². The fraction of sp³-hybridized carbons (Fsp3) is 0. The minimum absolute atomic E-state index is 0.218. The average Bonchev–Trinajstić information content (AvgIpc) is 2.70. The van der Waals surface area contributed by atoms with Gasteiger partial charge in [-0.3, -0.25) is 4.79 Å². The van der Waals surface area contributed by atoms with Crippen LogP contribution in [0.1, 0.15) is 15.2 Å². The van der Waals surface area contributed by atoms with Crippen LogP contribution in [0.4, 0.5) is 13.2 Å². The molecule has 17 heavy (non-hydrogen) atoms. The molecule has 2 aromatic rings. The maximum Gasteiger partial charge on any atom is 0.204 e. The van der Waals surface area contributed by atoms with Crippen LogP contribution < -0.4 is 0 Å². The molecule has 1 aromatic heterocycles. The van der Waals surface area contributed by atoms with Crippen LogP contribution in [0.2, 0.25) is 0 Å². The lowest BCUT2D eigenvalue weighted by atomic mass is 10.1. The Hall–Kier alpha value is -1.14. The second-order valence-electron chi connectivity index (χ2n) is 3.18. The van der Waals surface area contributed by atoms with Gasteiger partial charge in [-0.05, 0) is 39.5 Å². The molecule has 1 heterocycles. The Morgan fingerprint density at radius 2 is 1.76 bits per heavy atom. The first-order chi connectivity index (χ1) is 8.00. The third-order valence-corrected chi connectivity index (χ3v) is 3.91. The van der Waals surface area contributed by atoms with E-state index in [1.807, 2.05) is 0 Å². The quantitative estimate of drug-likeness (QED) is 0.600. The van der Waals surface area contributed by atoms with Crippen molar-refractivity contribution in [3.8, 4) is 0 Å². The van der Waals surface area contributed by atoms with Gasteiger partial charge in [-0.25, -0.2) is 13.2 Å². The lowest BCUT2D eigenvalue weighted by molar-refractivity contribution is 0.104. The largest absolute Gasteiger partial charge is 0.288 e. The molecule has 0 aliphatic heterocycles. The molecule has 0 unspecified atom stereocenters. The van der Waals surface area contributed by atoms with Gasteiger partial charge in [0.25, 0.3) is 0 Å². The molecule has 88 valence electrons. The lowest BCUT2D eigenvalue weighted by Gasteiger charge is -2.01. The molecule has 0 saturated carbocycles. The summed E-state index contributed by atoms with van der Waals surface area (Å²) < 4.78 is 39.2. The predicted octanol–water partition coefficient (Wildman–Crippen LogP) is 4.16. The molecule has 0 spiro atoms. The Kier molecular flexibility index (Phi) is 3.35. The number of thiophene rings is 1. The van der Waals surface area contributed by atoms with Crippen molar-refractivity contribution in [2.75, 3.05) is 0 Å². The van der Waals surface area contributed by atoms with Crippen molar-refractivity contribution >= 4 is 33.0 Å². The van der Waals surface area contributed by atoms with E-state index in [1.165, 1.54) is 0 Å². The summed E-state index contributed by atoms with van der Waals surface area (Å²) in [6, 6.07) is 3.02. The first-order valence-corrected chi connectivity index (χ1v) is 6.10. The summed E-state index contributed by atoms with van der Waals surface area (Å²) in [5.41, 5.74) is -0.218. The minimum atomic E-state index is -1.58. The molecule has 0 atom stereocenters. The molecule has 6 heteroatoms. The molecule has 0 saturated heterocycles. The molecule has 1 aromatic carbocycles. The highest BCUT2D eigenvalue weighted by Crippen LogP contribution is 2.26. The highest BCUT2D eigenvalue weighted by Gasteiger charge is 2.18. The van der Waals surface area contributed by atoms with Gasteiger partial charge in [-0.1, -0.05) is 0 Å². The second-order valence-corrected chi connectivity index (χ2v) is 4.95. The molecule has 0 amide bonds. The molecule has 0 N–H and O–H groups in total. The number of benzene rings is 1. The van der Waals surface area contributed by atoms with Crippen LogP contribution in [0.15, 0.2) is 28.1 Å². The van der Waals surface area contributed by atoms with Crippen molar-refractivity contribution in [3.05, 3.63) is 55.9 Å². The number of carbonyl (C=O) groups is 1. The minimum Gasteiger partial charge on any atom is -0.288 e. The SMILES string of the molecule is O=C(c1cc(F)c(F)c(F)c1)c1sccc1Br. The van der Waals surface area contributed by atoms with Crippen LogP contribution in [-0.2, 0) is 0 Å². The number of rotatable bonds is 2. The van der Waals surface area contributed by atoms with E-state index in [4.69, 9.17) is 0 Å².